The molecule has 0 radical (unpaired) electrons. The van der Waals surface area contributed by atoms with E-state index < -0.39 is 6.10 Å². The average Bonchev–Trinajstić information content (AvgIpc) is 2.47. The first-order chi connectivity index (χ1) is 10.1. The lowest BCUT2D eigenvalue weighted by atomic mass is 9.93. The van der Waals surface area contributed by atoms with Crippen LogP contribution in [0.4, 0.5) is 0 Å². The molecule has 0 amide bonds. The van der Waals surface area contributed by atoms with E-state index >= 15 is 0 Å². The van der Waals surface area contributed by atoms with E-state index in [9.17, 15) is 5.11 Å². The Bertz CT molecular complexity index is 664. The van der Waals surface area contributed by atoms with Gasteiger partial charge in [0.1, 0.15) is 17.6 Å². The lowest BCUT2D eigenvalue weighted by molar-refractivity contribution is 0.0656. The minimum Gasteiger partial charge on any atom is -0.496 e. The summed E-state index contributed by atoms with van der Waals surface area (Å²) in [6.45, 7) is 4.03. The van der Waals surface area contributed by atoms with Crippen molar-refractivity contribution in [3.63, 3.8) is 0 Å². The lowest BCUT2D eigenvalue weighted by Crippen LogP contribution is -2.19. The summed E-state index contributed by atoms with van der Waals surface area (Å²) in [6, 6.07) is 12.0. The largest absolute Gasteiger partial charge is 0.496 e. The molecule has 2 unspecified atom stereocenters. The van der Waals surface area contributed by atoms with Gasteiger partial charge in [-0.25, -0.2) is 0 Å². The molecular formula is C18H20O3. The van der Waals surface area contributed by atoms with Crippen LogP contribution in [0.15, 0.2) is 36.4 Å². The second kappa shape index (κ2) is 5.41. The minimum absolute atomic E-state index is 0.125. The Kier molecular flexibility index (Phi) is 3.60. The maximum atomic E-state index is 10.4. The maximum Gasteiger partial charge on any atom is 0.127 e. The van der Waals surface area contributed by atoms with Crippen molar-refractivity contribution in [1.29, 1.82) is 0 Å². The molecule has 3 heteroatoms. The van der Waals surface area contributed by atoms with Gasteiger partial charge in [0.2, 0.25) is 0 Å². The normalized spacial score (nSPS) is 20.6. The highest BCUT2D eigenvalue weighted by Gasteiger charge is 2.28. The van der Waals surface area contributed by atoms with Gasteiger partial charge in [-0.15, -0.1) is 0 Å². The van der Waals surface area contributed by atoms with Gasteiger partial charge in [-0.2, -0.15) is 0 Å². The number of hydrogen-bond acceptors (Lipinski definition) is 3. The maximum absolute atomic E-state index is 10.4. The third kappa shape index (κ3) is 2.61. The molecule has 0 fully saturated rings. The van der Waals surface area contributed by atoms with Crippen LogP contribution < -0.4 is 9.47 Å². The molecule has 2 aromatic carbocycles. The van der Waals surface area contributed by atoms with E-state index in [1.807, 2.05) is 44.2 Å². The van der Waals surface area contributed by atoms with Crippen LogP contribution in [0.1, 0.15) is 40.9 Å². The van der Waals surface area contributed by atoms with E-state index in [-0.39, 0.29) is 6.10 Å². The Hall–Kier alpha value is -2.00. The second-order valence-electron chi connectivity index (χ2n) is 5.63. The Morgan fingerprint density at radius 3 is 2.67 bits per heavy atom. The number of aliphatic hydroxyl groups excluding tert-OH is 1. The Morgan fingerprint density at radius 2 is 1.95 bits per heavy atom. The van der Waals surface area contributed by atoms with Crippen LogP contribution in [0.3, 0.4) is 0 Å². The van der Waals surface area contributed by atoms with Crippen molar-refractivity contribution in [2.45, 2.75) is 32.5 Å². The lowest BCUT2D eigenvalue weighted by Gasteiger charge is -2.30. The minimum atomic E-state index is -0.485. The van der Waals surface area contributed by atoms with Crippen LogP contribution in [-0.4, -0.2) is 12.2 Å². The number of ether oxygens (including phenoxy) is 2. The quantitative estimate of drug-likeness (QED) is 0.910. The number of methoxy groups -OCH3 is 1. The van der Waals surface area contributed by atoms with Crippen LogP contribution >= 0.6 is 0 Å². The number of rotatable bonds is 2. The van der Waals surface area contributed by atoms with Crippen LogP contribution in [0.5, 0.6) is 11.5 Å². The van der Waals surface area contributed by atoms with Crippen LogP contribution in [0.2, 0.25) is 0 Å². The van der Waals surface area contributed by atoms with E-state index in [1.165, 1.54) is 0 Å². The van der Waals surface area contributed by atoms with Gasteiger partial charge >= 0.3 is 0 Å². The van der Waals surface area contributed by atoms with Crippen molar-refractivity contribution in [1.82, 2.24) is 0 Å². The van der Waals surface area contributed by atoms with Crippen molar-refractivity contribution < 1.29 is 14.6 Å². The molecule has 1 heterocycles. The summed E-state index contributed by atoms with van der Waals surface area (Å²) >= 11 is 0. The molecule has 1 aliphatic heterocycles. The third-order valence-corrected chi connectivity index (χ3v) is 4.02. The summed E-state index contributed by atoms with van der Waals surface area (Å²) < 4.78 is 11.4. The van der Waals surface area contributed by atoms with Crippen molar-refractivity contribution in [3.8, 4) is 11.5 Å². The first kappa shape index (κ1) is 14.0. The van der Waals surface area contributed by atoms with E-state index in [1.54, 1.807) is 7.11 Å². The predicted molar refractivity (Wildman–Crippen MR) is 81.9 cm³/mol. The van der Waals surface area contributed by atoms with Crippen molar-refractivity contribution >= 4 is 0 Å². The van der Waals surface area contributed by atoms with E-state index in [4.69, 9.17) is 9.47 Å². The summed E-state index contributed by atoms with van der Waals surface area (Å²) in [6.07, 6.45) is -0.0387. The van der Waals surface area contributed by atoms with Gasteiger partial charge in [0, 0.05) is 12.0 Å². The highest BCUT2D eigenvalue weighted by Crippen LogP contribution is 2.41. The van der Waals surface area contributed by atoms with Gasteiger partial charge in [0.15, 0.2) is 0 Å². The Morgan fingerprint density at radius 1 is 1.14 bits per heavy atom. The summed E-state index contributed by atoms with van der Waals surface area (Å²) in [5.41, 5.74) is 4.16. The van der Waals surface area contributed by atoms with Gasteiger partial charge in [-0.1, -0.05) is 17.7 Å². The second-order valence-corrected chi connectivity index (χ2v) is 5.63. The van der Waals surface area contributed by atoms with Crippen LogP contribution in [0.25, 0.3) is 0 Å². The molecule has 110 valence electrons. The number of aryl methyl sites for hydroxylation is 2. The van der Waals surface area contributed by atoms with Crippen LogP contribution in [-0.2, 0) is 0 Å². The first-order valence-electron chi connectivity index (χ1n) is 7.18. The third-order valence-electron chi connectivity index (χ3n) is 4.02. The van der Waals surface area contributed by atoms with Gasteiger partial charge in [0.25, 0.3) is 0 Å². The molecule has 2 atom stereocenters. The molecule has 0 spiro atoms. The fourth-order valence-electron chi connectivity index (χ4n) is 2.87. The number of fused-ring (bicyclic) bond motifs is 1. The molecule has 0 saturated carbocycles. The van der Waals surface area contributed by atoms with Crippen molar-refractivity contribution in [2.75, 3.05) is 7.11 Å². The fourth-order valence-corrected chi connectivity index (χ4v) is 2.87. The zero-order valence-corrected chi connectivity index (χ0v) is 12.6. The zero-order chi connectivity index (χ0) is 15.0. The monoisotopic (exact) mass is 284 g/mol. The summed E-state index contributed by atoms with van der Waals surface area (Å²) in [5.74, 6) is 1.64. The van der Waals surface area contributed by atoms with E-state index in [0.29, 0.717) is 6.42 Å². The highest BCUT2D eigenvalue weighted by atomic mass is 16.5. The highest BCUT2D eigenvalue weighted by molar-refractivity contribution is 5.42. The standard InChI is InChI=1S/C18H20O3/c1-11-4-6-17-14(8-11)15(19)10-18(21-17)13-5-7-16(20-3)12(2)9-13/h4-9,15,18-19H,10H2,1-3H3. The first-order valence-corrected chi connectivity index (χ1v) is 7.18. The SMILES string of the molecule is COc1ccc(C2CC(O)c3cc(C)ccc3O2)cc1C. The molecule has 1 N–H and O–H groups in total. The summed E-state index contributed by atoms with van der Waals surface area (Å²) in [5, 5.41) is 10.4. The molecule has 0 aromatic heterocycles. The van der Waals surface area contributed by atoms with Gasteiger partial charge in [-0.3, -0.25) is 0 Å². The molecule has 3 rings (SSSR count). The smallest absolute Gasteiger partial charge is 0.127 e. The van der Waals surface area contributed by atoms with Gasteiger partial charge in [-0.05, 0) is 49.2 Å². The zero-order valence-electron chi connectivity index (χ0n) is 12.6. The molecule has 3 nitrogen and oxygen atoms in total. The van der Waals surface area contributed by atoms with Gasteiger partial charge in [0.05, 0.1) is 13.2 Å². The average molecular weight is 284 g/mol. The van der Waals surface area contributed by atoms with Crippen molar-refractivity contribution in [3.05, 3.63) is 58.7 Å². The number of hydrogen-bond donors (Lipinski definition) is 1. The molecule has 21 heavy (non-hydrogen) atoms. The van der Waals surface area contributed by atoms with Crippen molar-refractivity contribution in [2.24, 2.45) is 0 Å². The van der Waals surface area contributed by atoms with E-state index in [0.717, 1.165) is 33.8 Å². The van der Waals surface area contributed by atoms with E-state index in [2.05, 4.69) is 6.07 Å². The molecule has 0 aliphatic carbocycles. The predicted octanol–water partition coefficient (Wildman–Crippen LogP) is 3.87. The Balaban J connectivity index is 1.92. The number of benzene rings is 2. The Labute approximate surface area is 125 Å². The summed E-state index contributed by atoms with van der Waals surface area (Å²) in [7, 11) is 1.67. The molecule has 1 aliphatic rings. The molecule has 0 saturated heterocycles. The molecule has 0 bridgehead atoms. The molecule has 2 aromatic rings. The van der Waals surface area contributed by atoms with Crippen LogP contribution in [0, 0.1) is 13.8 Å². The topological polar surface area (TPSA) is 38.7 Å². The fraction of sp³-hybridized carbons (Fsp3) is 0.333. The molecular weight excluding hydrogens is 264 g/mol. The number of aliphatic hydroxyl groups is 1. The van der Waals surface area contributed by atoms with Gasteiger partial charge < -0.3 is 14.6 Å². The summed E-state index contributed by atoms with van der Waals surface area (Å²) in [4.78, 5) is 0.